The Labute approximate surface area is 212 Å². The van der Waals surface area contributed by atoms with Crippen molar-refractivity contribution in [3.8, 4) is 11.5 Å². The highest BCUT2D eigenvalue weighted by atomic mass is 32.2. The van der Waals surface area contributed by atoms with E-state index in [1.54, 1.807) is 19.9 Å². The van der Waals surface area contributed by atoms with Gasteiger partial charge in [-0.25, -0.2) is 27.2 Å². The average molecular weight is 530 g/mol. The summed E-state index contributed by atoms with van der Waals surface area (Å²) >= 11 is 0. The zero-order chi connectivity index (χ0) is 26.6. The molecule has 4 aromatic rings. The Bertz CT molecular complexity index is 1600. The lowest BCUT2D eigenvalue weighted by Gasteiger charge is -2.22. The summed E-state index contributed by atoms with van der Waals surface area (Å²) in [6, 6.07) is 3.35. The Morgan fingerprint density at radius 2 is 1.76 bits per heavy atom. The minimum absolute atomic E-state index is 0.0347. The molecule has 13 heteroatoms. The van der Waals surface area contributed by atoms with E-state index < -0.39 is 32.1 Å². The predicted octanol–water partition coefficient (Wildman–Crippen LogP) is 4.85. The molecule has 0 saturated heterocycles. The van der Waals surface area contributed by atoms with Crippen LogP contribution in [-0.2, 0) is 9.84 Å². The molecule has 37 heavy (non-hydrogen) atoms. The van der Waals surface area contributed by atoms with Gasteiger partial charge in [0.1, 0.15) is 17.2 Å². The van der Waals surface area contributed by atoms with E-state index in [1.165, 1.54) is 7.05 Å². The molecular weight excluding hydrogens is 504 g/mol. The van der Waals surface area contributed by atoms with E-state index in [0.29, 0.717) is 34.7 Å². The van der Waals surface area contributed by atoms with Crippen molar-refractivity contribution in [1.82, 2.24) is 25.1 Å². The van der Waals surface area contributed by atoms with Gasteiger partial charge in [-0.05, 0) is 44.7 Å². The number of sulfone groups is 1. The lowest BCUT2D eigenvalue weighted by atomic mass is 10.1. The van der Waals surface area contributed by atoms with Crippen molar-refractivity contribution in [2.24, 2.45) is 0 Å². The molecule has 1 aliphatic rings. The van der Waals surface area contributed by atoms with Gasteiger partial charge in [-0.1, -0.05) is 0 Å². The Morgan fingerprint density at radius 1 is 1.08 bits per heavy atom. The summed E-state index contributed by atoms with van der Waals surface area (Å²) in [7, 11) is -2.42. The normalized spacial score (nSPS) is 13.7. The van der Waals surface area contributed by atoms with Gasteiger partial charge < -0.3 is 14.6 Å². The van der Waals surface area contributed by atoms with Crippen molar-refractivity contribution in [2.75, 3.05) is 23.5 Å². The highest BCUT2D eigenvalue weighted by Crippen LogP contribution is 2.48. The van der Waals surface area contributed by atoms with Gasteiger partial charge in [-0.2, -0.15) is 10.1 Å². The van der Waals surface area contributed by atoms with E-state index in [4.69, 9.17) is 4.42 Å². The summed E-state index contributed by atoms with van der Waals surface area (Å²) in [6.45, 7) is 5.37. The van der Waals surface area contributed by atoms with Gasteiger partial charge in [0, 0.05) is 37.6 Å². The van der Waals surface area contributed by atoms with Crippen molar-refractivity contribution >= 4 is 33.1 Å². The molecule has 0 aliphatic heterocycles. The van der Waals surface area contributed by atoms with E-state index >= 15 is 8.78 Å². The van der Waals surface area contributed by atoms with E-state index in [9.17, 15) is 8.42 Å². The van der Waals surface area contributed by atoms with Crippen LogP contribution in [0.5, 0.6) is 0 Å². The number of aromatic nitrogens is 5. The van der Waals surface area contributed by atoms with Crippen LogP contribution in [0, 0.1) is 32.4 Å². The molecule has 0 atom stereocenters. The number of benzene rings is 1. The van der Waals surface area contributed by atoms with E-state index in [-0.39, 0.29) is 11.9 Å². The number of hydrogen-bond acceptors (Lipinski definition) is 9. The summed E-state index contributed by atoms with van der Waals surface area (Å²) < 4.78 is 59.7. The minimum atomic E-state index is -3.82. The Morgan fingerprint density at radius 3 is 2.27 bits per heavy atom. The Hall–Kier alpha value is -3.87. The van der Waals surface area contributed by atoms with Crippen molar-refractivity contribution in [3.05, 3.63) is 52.7 Å². The number of halogens is 2. The summed E-state index contributed by atoms with van der Waals surface area (Å²) in [5, 5.41) is 10.3. The maximum Gasteiger partial charge on any atom is 0.232 e. The standard InChI is InChI=1S/C24H25F2N7O3S/c1-11-8-18(32-31-11)28-23-19(14-6-7-14)20(22-12(2)27-13(3)36-22)29-24(30-23)33(4)21-16(25)9-15(10-17(21)26)37(5,34)35/h8-10,14H,6-7H2,1-5H3,(H2,28,29,30,31,32). The van der Waals surface area contributed by atoms with Crippen LogP contribution in [0.15, 0.2) is 27.5 Å². The maximum absolute atomic E-state index is 15.1. The average Bonchev–Trinajstić information content (AvgIpc) is 3.47. The van der Waals surface area contributed by atoms with Crippen molar-refractivity contribution in [1.29, 1.82) is 0 Å². The fourth-order valence-electron chi connectivity index (χ4n) is 4.17. The fraction of sp³-hybridized carbons (Fsp3) is 0.333. The predicted molar refractivity (Wildman–Crippen MR) is 133 cm³/mol. The number of aryl methyl sites for hydroxylation is 3. The number of nitrogens with zero attached hydrogens (tertiary/aromatic N) is 5. The summed E-state index contributed by atoms with van der Waals surface area (Å²) in [5.74, 6) is -0.190. The van der Waals surface area contributed by atoms with Crippen molar-refractivity contribution in [3.63, 3.8) is 0 Å². The zero-order valence-electron chi connectivity index (χ0n) is 20.8. The monoisotopic (exact) mass is 529 g/mol. The van der Waals surface area contributed by atoms with Gasteiger partial charge in [-0.15, -0.1) is 0 Å². The fourth-order valence-corrected chi connectivity index (χ4v) is 4.80. The molecule has 0 unspecified atom stereocenters. The molecule has 0 spiro atoms. The first-order valence-corrected chi connectivity index (χ1v) is 13.4. The number of nitrogens with one attached hydrogen (secondary N) is 2. The smallest absolute Gasteiger partial charge is 0.232 e. The van der Waals surface area contributed by atoms with Gasteiger partial charge in [0.25, 0.3) is 0 Å². The quantitative estimate of drug-likeness (QED) is 0.345. The Balaban J connectivity index is 1.70. The lowest BCUT2D eigenvalue weighted by molar-refractivity contribution is 0.531. The second-order valence-electron chi connectivity index (χ2n) is 9.18. The van der Waals surface area contributed by atoms with Gasteiger partial charge in [-0.3, -0.25) is 5.10 Å². The van der Waals surface area contributed by atoms with Gasteiger partial charge in [0.15, 0.2) is 38.9 Å². The van der Waals surface area contributed by atoms with Gasteiger partial charge in [0.2, 0.25) is 5.95 Å². The van der Waals surface area contributed by atoms with Crippen LogP contribution in [0.1, 0.15) is 41.6 Å². The number of oxazole rings is 1. The molecule has 5 rings (SSSR count). The molecule has 194 valence electrons. The molecule has 0 radical (unpaired) electrons. The van der Waals surface area contributed by atoms with Gasteiger partial charge >= 0.3 is 0 Å². The second kappa shape index (κ2) is 8.91. The van der Waals surface area contributed by atoms with Gasteiger partial charge in [0.05, 0.1) is 10.6 Å². The number of aromatic amines is 1. The molecule has 10 nitrogen and oxygen atoms in total. The van der Waals surface area contributed by atoms with Crippen LogP contribution >= 0.6 is 0 Å². The Kier molecular flexibility index (Phi) is 5.97. The summed E-state index contributed by atoms with van der Waals surface area (Å²) in [6.07, 6.45) is 2.72. The third kappa shape index (κ3) is 4.78. The lowest BCUT2D eigenvalue weighted by Crippen LogP contribution is -2.19. The van der Waals surface area contributed by atoms with Crippen LogP contribution in [0.25, 0.3) is 11.5 Å². The third-order valence-electron chi connectivity index (χ3n) is 6.04. The molecule has 1 saturated carbocycles. The highest BCUT2D eigenvalue weighted by Gasteiger charge is 2.34. The zero-order valence-corrected chi connectivity index (χ0v) is 21.7. The van der Waals surface area contributed by atoms with Crippen LogP contribution in [0.2, 0.25) is 0 Å². The molecule has 0 amide bonds. The number of rotatable bonds is 7. The SMILES string of the molecule is Cc1cc(Nc2nc(N(C)c3c(F)cc(S(C)(=O)=O)cc3F)nc(-c3oc(C)nc3C)c2C2CC2)n[nH]1. The molecule has 1 aromatic carbocycles. The largest absolute Gasteiger partial charge is 0.439 e. The van der Waals surface area contributed by atoms with Crippen LogP contribution < -0.4 is 10.2 Å². The first-order valence-electron chi connectivity index (χ1n) is 11.5. The molecule has 3 heterocycles. The molecular formula is C24H25F2N7O3S. The van der Waals surface area contributed by atoms with Crippen molar-refractivity contribution in [2.45, 2.75) is 44.4 Å². The van der Waals surface area contributed by atoms with E-state index in [2.05, 4.69) is 30.5 Å². The summed E-state index contributed by atoms with van der Waals surface area (Å²) in [5.41, 5.74) is 2.21. The van der Waals surface area contributed by atoms with Crippen LogP contribution in [-0.4, -0.2) is 46.9 Å². The number of hydrogen-bond donors (Lipinski definition) is 2. The first kappa shape index (κ1) is 24.8. The van der Waals surface area contributed by atoms with Crippen LogP contribution in [0.4, 0.5) is 32.1 Å². The minimum Gasteiger partial charge on any atom is -0.439 e. The number of H-pyrrole nitrogens is 1. The molecule has 1 fully saturated rings. The molecule has 1 aliphatic carbocycles. The molecule has 0 bridgehead atoms. The van der Waals surface area contributed by atoms with Crippen LogP contribution in [0.3, 0.4) is 0 Å². The van der Waals surface area contributed by atoms with Crippen molar-refractivity contribution < 1.29 is 21.6 Å². The second-order valence-corrected chi connectivity index (χ2v) is 11.2. The molecule has 2 N–H and O–H groups in total. The maximum atomic E-state index is 15.1. The van der Waals surface area contributed by atoms with E-state index in [0.717, 1.165) is 47.4 Å². The summed E-state index contributed by atoms with van der Waals surface area (Å²) in [4.78, 5) is 14.3. The third-order valence-corrected chi connectivity index (χ3v) is 7.14. The van der Waals surface area contributed by atoms with E-state index in [1.807, 2.05) is 6.92 Å². The molecule has 3 aromatic heterocycles. The number of anilines is 4. The highest BCUT2D eigenvalue weighted by molar-refractivity contribution is 7.90. The topological polar surface area (TPSA) is 130 Å². The first-order chi connectivity index (χ1) is 17.4.